The van der Waals surface area contributed by atoms with E-state index in [1.54, 1.807) is 48.5 Å². The van der Waals surface area contributed by atoms with Crippen LogP contribution < -0.4 is 20.4 Å². The van der Waals surface area contributed by atoms with Gasteiger partial charge in [-0.25, -0.2) is 9.59 Å². The molecule has 0 unspecified atom stereocenters. The maximum atomic E-state index is 13.7. The molecule has 2 aliphatic rings. The summed E-state index contributed by atoms with van der Waals surface area (Å²) in [4.78, 5) is 29.3. The van der Waals surface area contributed by atoms with Gasteiger partial charge in [0.15, 0.2) is 11.8 Å². The van der Waals surface area contributed by atoms with Crippen molar-refractivity contribution in [1.29, 1.82) is 10.5 Å². The van der Waals surface area contributed by atoms with Gasteiger partial charge in [0.2, 0.25) is 0 Å². The van der Waals surface area contributed by atoms with Crippen LogP contribution in [0.4, 0.5) is 58.7 Å². The number of aromatic hydroxyl groups is 2. The van der Waals surface area contributed by atoms with Crippen molar-refractivity contribution in [1.82, 2.24) is 19.8 Å². The van der Waals surface area contributed by atoms with Gasteiger partial charge in [-0.3, -0.25) is 9.80 Å². The van der Waals surface area contributed by atoms with Crippen LogP contribution in [-0.4, -0.2) is 71.1 Å². The highest BCUT2D eigenvalue weighted by Crippen LogP contribution is 2.48. The maximum Gasteiger partial charge on any atom is 0.416 e. The summed E-state index contributed by atoms with van der Waals surface area (Å²) < 4.78 is 102. The quantitative estimate of drug-likeness (QED) is 0.0480. The highest BCUT2D eigenvalue weighted by atomic mass is 19.4. The molecule has 0 spiro atoms. The topological polar surface area (TPSA) is 190 Å². The summed E-state index contributed by atoms with van der Waals surface area (Å²) in [6.45, 7) is 1.88. The highest BCUT2D eigenvalue weighted by molar-refractivity contribution is 6.04. The van der Waals surface area contributed by atoms with Crippen LogP contribution in [0.15, 0.2) is 109 Å². The Morgan fingerprint density at radius 1 is 0.549 bits per heavy atom. The fraction of sp³-hybridized carbons (Fsp3) is 0.280. The van der Waals surface area contributed by atoms with E-state index >= 15 is 0 Å². The smallest absolute Gasteiger partial charge is 0.416 e. The molecule has 4 aromatic carbocycles. The van der Waals surface area contributed by atoms with Crippen molar-refractivity contribution in [2.45, 2.75) is 50.4 Å². The SMILES string of the molecule is N#Cc1ccc([C@H]2NC(=O)N(c3cccc(C(F)(F)F)c3)c3cn(CCCOCCOCCOCCCn4cc5c(c4O)[C@@H](c4ccc(C#N)cc4)NC(=O)N5c4cccc(C(F)(F)F)c4)c(O)c32)cc1. The number of amides is 4. The average Bonchev–Trinajstić information content (AvgIpc) is 3.86. The molecule has 0 saturated carbocycles. The number of hydrogen-bond donors (Lipinski definition) is 4. The molecular weight excluding hydrogens is 939 g/mol. The molecule has 2 aromatic heterocycles. The van der Waals surface area contributed by atoms with E-state index in [4.69, 9.17) is 14.2 Å². The third-order valence-corrected chi connectivity index (χ3v) is 11.9. The van der Waals surface area contributed by atoms with Crippen molar-refractivity contribution in [2.24, 2.45) is 0 Å². The molecular formula is C50H44F6N8O7. The Bertz CT molecular complexity index is 2780. The van der Waals surface area contributed by atoms with Crippen LogP contribution in [-0.2, 0) is 39.7 Å². The van der Waals surface area contributed by atoms with Crippen LogP contribution in [0.5, 0.6) is 11.8 Å². The Morgan fingerprint density at radius 3 is 1.27 bits per heavy atom. The van der Waals surface area contributed by atoms with Crippen LogP contribution in [0.2, 0.25) is 0 Å². The zero-order valence-corrected chi connectivity index (χ0v) is 37.5. The minimum Gasteiger partial charge on any atom is -0.494 e. The number of benzene rings is 4. The lowest BCUT2D eigenvalue weighted by molar-refractivity contribution is -0.138. The van der Waals surface area contributed by atoms with Gasteiger partial charge in [0.05, 0.1) is 107 Å². The predicted octanol–water partition coefficient (Wildman–Crippen LogP) is 9.91. The molecule has 0 fully saturated rings. The molecule has 6 aromatic rings. The second kappa shape index (κ2) is 20.9. The molecule has 0 aliphatic carbocycles. The number of carbonyl (C=O) groups excluding carboxylic acids is 2. The van der Waals surface area contributed by atoms with E-state index < -0.39 is 47.6 Å². The van der Waals surface area contributed by atoms with Gasteiger partial charge in [-0.2, -0.15) is 36.9 Å². The number of aromatic nitrogens is 2. The molecule has 8 rings (SSSR count). The average molecular weight is 983 g/mol. The lowest BCUT2D eigenvalue weighted by atomic mass is 9.96. The predicted molar refractivity (Wildman–Crippen MR) is 244 cm³/mol. The standard InChI is InChI=1S/C50H44F6N8O7/c51-49(52,53)35-5-1-7-37(25-35)63-39-29-61(45(65)41(39)43(59-47(63)67)33-13-9-31(27-57)10-14-33)17-3-19-69-21-23-71-24-22-70-20-4-18-62-30-40-42(46(62)66)44(34-15-11-32(28-58)12-16-34)60-48(68)64(40)38-8-2-6-36(26-38)50(54,55)56/h1-2,5-16,25-26,29-30,43-44,65-66H,3-4,17-24H2,(H,59,67)(H,60,68)/t43-,44-/m1/s1. The van der Waals surface area contributed by atoms with Gasteiger partial charge in [0.1, 0.15) is 0 Å². The van der Waals surface area contributed by atoms with Gasteiger partial charge in [-0.1, -0.05) is 36.4 Å². The first-order chi connectivity index (χ1) is 34.1. The number of urea groups is 2. The number of hydrogen-bond acceptors (Lipinski definition) is 9. The van der Waals surface area contributed by atoms with E-state index in [1.807, 2.05) is 12.1 Å². The first-order valence-electron chi connectivity index (χ1n) is 22.2. The largest absolute Gasteiger partial charge is 0.494 e. The normalized spacial score (nSPS) is 15.7. The van der Waals surface area contributed by atoms with Gasteiger partial charge in [0.25, 0.3) is 0 Å². The summed E-state index contributed by atoms with van der Waals surface area (Å²) in [5, 5.41) is 47.1. The summed E-state index contributed by atoms with van der Waals surface area (Å²) in [5.41, 5.74) is 0.721. The monoisotopic (exact) mass is 982 g/mol. The molecule has 4 amide bonds. The molecule has 368 valence electrons. The summed E-state index contributed by atoms with van der Waals surface area (Å²) in [5.74, 6) is -0.413. The number of halogens is 6. The molecule has 2 aliphatic heterocycles. The number of alkyl halides is 6. The Kier molecular flexibility index (Phi) is 14.6. The van der Waals surface area contributed by atoms with Gasteiger partial charge in [-0.05, 0) is 84.6 Å². The van der Waals surface area contributed by atoms with E-state index in [-0.39, 0.29) is 98.4 Å². The van der Waals surface area contributed by atoms with Gasteiger partial charge >= 0.3 is 24.4 Å². The van der Waals surface area contributed by atoms with Gasteiger partial charge in [-0.15, -0.1) is 0 Å². The van der Waals surface area contributed by atoms with Crippen LogP contribution in [0, 0.1) is 22.7 Å². The van der Waals surface area contributed by atoms with E-state index in [9.17, 15) is 56.7 Å². The molecule has 4 N–H and O–H groups in total. The lowest BCUT2D eigenvalue weighted by Crippen LogP contribution is -2.44. The van der Waals surface area contributed by atoms with E-state index in [0.29, 0.717) is 35.1 Å². The van der Waals surface area contributed by atoms with Gasteiger partial charge < -0.3 is 44.2 Å². The molecule has 0 saturated heterocycles. The minimum atomic E-state index is -4.66. The number of aryl methyl sites for hydroxylation is 2. The second-order valence-electron chi connectivity index (χ2n) is 16.4. The van der Waals surface area contributed by atoms with Crippen LogP contribution in [0.25, 0.3) is 0 Å². The summed E-state index contributed by atoms with van der Waals surface area (Å²) in [7, 11) is 0. The van der Waals surface area contributed by atoms with Crippen molar-refractivity contribution in [3.8, 4) is 23.9 Å². The summed E-state index contributed by atoms with van der Waals surface area (Å²) >= 11 is 0. The van der Waals surface area contributed by atoms with Crippen LogP contribution >= 0.6 is 0 Å². The van der Waals surface area contributed by atoms with Crippen molar-refractivity contribution in [2.75, 3.05) is 49.4 Å². The van der Waals surface area contributed by atoms with E-state index in [1.165, 1.54) is 45.8 Å². The molecule has 2 atom stereocenters. The minimum absolute atomic E-state index is 0.0551. The highest BCUT2D eigenvalue weighted by Gasteiger charge is 2.41. The van der Waals surface area contributed by atoms with Crippen LogP contribution in [0.1, 0.15) is 69.4 Å². The summed E-state index contributed by atoms with van der Waals surface area (Å²) in [6.07, 6.45) is -5.50. The fourth-order valence-electron chi connectivity index (χ4n) is 8.46. The summed E-state index contributed by atoms with van der Waals surface area (Å²) in [6, 6.07) is 22.2. The first kappa shape index (κ1) is 49.4. The number of carbonyl (C=O) groups is 2. The van der Waals surface area contributed by atoms with E-state index in [0.717, 1.165) is 34.1 Å². The zero-order chi connectivity index (χ0) is 50.5. The van der Waals surface area contributed by atoms with Crippen LogP contribution in [0.3, 0.4) is 0 Å². The van der Waals surface area contributed by atoms with Crippen molar-refractivity contribution < 1.29 is 60.4 Å². The number of anilines is 4. The Labute approximate surface area is 402 Å². The Hall–Kier alpha value is -7.98. The number of nitriles is 2. The Morgan fingerprint density at radius 2 is 0.915 bits per heavy atom. The van der Waals surface area contributed by atoms with Crippen molar-refractivity contribution in [3.63, 3.8) is 0 Å². The molecule has 4 heterocycles. The number of ether oxygens (including phenoxy) is 3. The van der Waals surface area contributed by atoms with Gasteiger partial charge in [0, 0.05) is 38.7 Å². The number of nitrogens with one attached hydrogen (secondary N) is 2. The van der Waals surface area contributed by atoms with Crippen molar-refractivity contribution >= 4 is 34.8 Å². The van der Waals surface area contributed by atoms with Crippen molar-refractivity contribution in [3.05, 3.63) is 154 Å². The second-order valence-corrected chi connectivity index (χ2v) is 16.4. The number of fused-ring (bicyclic) bond motifs is 2. The molecule has 21 heteroatoms. The lowest BCUT2D eigenvalue weighted by Gasteiger charge is -2.33. The molecule has 15 nitrogen and oxygen atoms in total. The first-order valence-corrected chi connectivity index (χ1v) is 22.2. The third kappa shape index (κ3) is 10.8. The number of rotatable bonds is 18. The zero-order valence-electron chi connectivity index (χ0n) is 37.5. The maximum absolute atomic E-state index is 13.7. The van der Waals surface area contributed by atoms with E-state index in [2.05, 4.69) is 10.6 Å². The fourth-order valence-corrected chi connectivity index (χ4v) is 8.46. The Balaban J connectivity index is 0.816. The molecule has 71 heavy (non-hydrogen) atoms. The number of nitrogens with zero attached hydrogens (tertiary/aromatic N) is 6. The molecule has 0 radical (unpaired) electrons. The molecule has 0 bridgehead atoms. The third-order valence-electron chi connectivity index (χ3n) is 11.9.